The molecule has 3 rings (SSSR count). The Morgan fingerprint density at radius 3 is 2.68 bits per heavy atom. The molecule has 1 amide bonds. The van der Waals surface area contributed by atoms with Crippen LogP contribution in [0.1, 0.15) is 21.3 Å². The first-order valence-electron chi connectivity index (χ1n) is 6.84. The monoisotopic (exact) mass is 331 g/mol. The maximum Gasteiger partial charge on any atom is 0.252 e. The van der Waals surface area contributed by atoms with Crippen molar-refractivity contribution >= 4 is 38.9 Å². The van der Waals surface area contributed by atoms with E-state index in [1.807, 2.05) is 30.3 Å². The minimum atomic E-state index is -0.733. The van der Waals surface area contributed by atoms with Crippen molar-refractivity contribution in [3.8, 4) is 0 Å². The van der Waals surface area contributed by atoms with Crippen LogP contribution in [0.15, 0.2) is 54.6 Å². The van der Waals surface area contributed by atoms with Crippen LogP contribution in [-0.2, 0) is 0 Å². The summed E-state index contributed by atoms with van der Waals surface area (Å²) in [7, 11) is 0. The molecular weight excluding hydrogens is 318 g/mol. The largest absolute Gasteiger partial charge is 0.386 e. The molecule has 0 spiro atoms. The molecule has 22 heavy (non-hydrogen) atoms. The second-order valence-corrected chi connectivity index (χ2v) is 6.41. The standard InChI is InChI=1S/C17H14ClNO2S/c18-13-7-3-2-6-12(13)17(21)19-10-14(20)16-9-11-5-1-4-8-15(11)22-16/h1-9,14,20H,10H2,(H,19,21)/t14-/m1/s1. The fourth-order valence-electron chi connectivity index (χ4n) is 2.20. The molecule has 3 aromatic rings. The Bertz CT molecular complexity index is 782. The summed E-state index contributed by atoms with van der Waals surface area (Å²) in [5.41, 5.74) is 0.410. The summed E-state index contributed by atoms with van der Waals surface area (Å²) in [6, 6.07) is 16.7. The average Bonchev–Trinajstić information content (AvgIpc) is 2.97. The summed E-state index contributed by atoms with van der Waals surface area (Å²) in [6.45, 7) is 0.150. The number of aliphatic hydroxyl groups is 1. The van der Waals surface area contributed by atoms with E-state index in [9.17, 15) is 9.90 Å². The summed E-state index contributed by atoms with van der Waals surface area (Å²) in [5.74, 6) is -0.286. The first kappa shape index (κ1) is 15.0. The second kappa shape index (κ2) is 6.48. The number of thiophene rings is 1. The summed E-state index contributed by atoms with van der Waals surface area (Å²) in [4.78, 5) is 12.9. The zero-order chi connectivity index (χ0) is 15.5. The first-order chi connectivity index (χ1) is 10.6. The van der Waals surface area contributed by atoms with Crippen LogP contribution < -0.4 is 5.32 Å². The highest BCUT2D eigenvalue weighted by molar-refractivity contribution is 7.19. The van der Waals surface area contributed by atoms with Crippen molar-refractivity contribution in [1.82, 2.24) is 5.32 Å². The van der Waals surface area contributed by atoms with Gasteiger partial charge < -0.3 is 10.4 Å². The smallest absolute Gasteiger partial charge is 0.252 e. The van der Waals surface area contributed by atoms with Crippen LogP contribution in [0.25, 0.3) is 10.1 Å². The maximum atomic E-state index is 12.1. The number of fused-ring (bicyclic) bond motifs is 1. The third kappa shape index (κ3) is 3.14. The molecule has 0 saturated heterocycles. The number of hydrogen-bond acceptors (Lipinski definition) is 3. The highest BCUT2D eigenvalue weighted by atomic mass is 35.5. The van der Waals surface area contributed by atoms with E-state index in [4.69, 9.17) is 11.6 Å². The van der Waals surface area contributed by atoms with E-state index in [1.165, 1.54) is 11.3 Å². The number of benzene rings is 2. The van der Waals surface area contributed by atoms with Crippen molar-refractivity contribution in [2.75, 3.05) is 6.54 Å². The molecule has 0 fully saturated rings. The van der Waals surface area contributed by atoms with Crippen LogP contribution in [0.2, 0.25) is 5.02 Å². The molecule has 0 saturated carbocycles. The van der Waals surface area contributed by atoms with Crippen LogP contribution in [0.5, 0.6) is 0 Å². The Balaban J connectivity index is 1.68. The first-order valence-corrected chi connectivity index (χ1v) is 8.04. The summed E-state index contributed by atoms with van der Waals surface area (Å²) in [6.07, 6.45) is -0.733. The van der Waals surface area contributed by atoms with Gasteiger partial charge >= 0.3 is 0 Å². The van der Waals surface area contributed by atoms with E-state index in [0.717, 1.165) is 15.0 Å². The van der Waals surface area contributed by atoms with Crippen molar-refractivity contribution in [3.63, 3.8) is 0 Å². The predicted octanol–water partition coefficient (Wildman–Crippen LogP) is 4.02. The van der Waals surface area contributed by atoms with Crippen LogP contribution in [0.4, 0.5) is 0 Å². The van der Waals surface area contributed by atoms with Gasteiger partial charge in [-0.15, -0.1) is 11.3 Å². The van der Waals surface area contributed by atoms with Gasteiger partial charge in [-0.05, 0) is 29.7 Å². The maximum absolute atomic E-state index is 12.1. The molecule has 0 aliphatic carbocycles. The zero-order valence-electron chi connectivity index (χ0n) is 11.6. The minimum absolute atomic E-state index is 0.150. The normalized spacial score (nSPS) is 12.3. The lowest BCUT2D eigenvalue weighted by Gasteiger charge is -2.10. The van der Waals surface area contributed by atoms with Crippen molar-refractivity contribution in [1.29, 1.82) is 0 Å². The molecule has 0 radical (unpaired) electrons. The predicted molar refractivity (Wildman–Crippen MR) is 90.6 cm³/mol. The third-order valence-electron chi connectivity index (χ3n) is 3.35. The summed E-state index contributed by atoms with van der Waals surface area (Å²) in [5, 5.41) is 14.5. The number of amides is 1. The molecule has 1 heterocycles. The van der Waals surface area contributed by atoms with Crippen molar-refractivity contribution < 1.29 is 9.90 Å². The molecule has 1 atom stereocenters. The number of nitrogens with one attached hydrogen (secondary N) is 1. The van der Waals surface area contributed by atoms with Crippen molar-refractivity contribution in [2.45, 2.75) is 6.10 Å². The van der Waals surface area contributed by atoms with Crippen LogP contribution in [0.3, 0.4) is 0 Å². The van der Waals surface area contributed by atoms with Gasteiger partial charge in [0.2, 0.25) is 0 Å². The fraction of sp³-hybridized carbons (Fsp3) is 0.118. The molecular formula is C17H14ClNO2S. The Kier molecular flexibility index (Phi) is 4.43. The Morgan fingerprint density at radius 1 is 1.18 bits per heavy atom. The van der Waals surface area contributed by atoms with Crippen molar-refractivity contribution in [2.24, 2.45) is 0 Å². The Morgan fingerprint density at radius 2 is 1.91 bits per heavy atom. The molecule has 0 bridgehead atoms. The number of hydrogen-bond donors (Lipinski definition) is 2. The molecule has 5 heteroatoms. The number of aliphatic hydroxyl groups excluding tert-OH is 1. The molecule has 0 aliphatic rings. The van der Waals surface area contributed by atoms with Gasteiger partial charge in [0.05, 0.1) is 10.6 Å². The molecule has 0 unspecified atom stereocenters. The van der Waals surface area contributed by atoms with Gasteiger partial charge in [-0.2, -0.15) is 0 Å². The molecule has 112 valence electrons. The second-order valence-electron chi connectivity index (χ2n) is 4.89. The van der Waals surface area contributed by atoms with Crippen LogP contribution >= 0.6 is 22.9 Å². The lowest BCUT2D eigenvalue weighted by molar-refractivity contribution is 0.0918. The lowest BCUT2D eigenvalue weighted by Crippen LogP contribution is -2.28. The van der Waals surface area contributed by atoms with Gasteiger partial charge in [0, 0.05) is 16.1 Å². The molecule has 3 nitrogen and oxygen atoms in total. The van der Waals surface area contributed by atoms with E-state index in [-0.39, 0.29) is 12.5 Å². The van der Waals surface area contributed by atoms with Gasteiger partial charge in [-0.1, -0.05) is 41.9 Å². The number of carbonyl (C=O) groups excluding carboxylic acids is 1. The number of carbonyl (C=O) groups is 1. The van der Waals surface area contributed by atoms with Crippen LogP contribution in [0, 0.1) is 0 Å². The highest BCUT2D eigenvalue weighted by Crippen LogP contribution is 2.29. The SMILES string of the molecule is O=C(NC[C@@H](O)c1cc2ccccc2s1)c1ccccc1Cl. The molecule has 2 aromatic carbocycles. The molecule has 1 aromatic heterocycles. The van der Waals surface area contributed by atoms with Gasteiger partial charge in [-0.25, -0.2) is 0 Å². The van der Waals surface area contributed by atoms with Gasteiger partial charge in [0.1, 0.15) is 6.10 Å². The van der Waals surface area contributed by atoms with E-state index >= 15 is 0 Å². The molecule has 0 aliphatic heterocycles. The zero-order valence-corrected chi connectivity index (χ0v) is 13.2. The van der Waals surface area contributed by atoms with Gasteiger partial charge in [0.25, 0.3) is 5.91 Å². The quantitative estimate of drug-likeness (QED) is 0.758. The fourth-order valence-corrected chi connectivity index (χ4v) is 3.47. The minimum Gasteiger partial charge on any atom is -0.386 e. The summed E-state index contributed by atoms with van der Waals surface area (Å²) >= 11 is 7.51. The summed E-state index contributed by atoms with van der Waals surface area (Å²) < 4.78 is 1.12. The molecule has 2 N–H and O–H groups in total. The highest BCUT2D eigenvalue weighted by Gasteiger charge is 2.14. The average molecular weight is 332 g/mol. The third-order valence-corrected chi connectivity index (χ3v) is 4.89. The van der Waals surface area contributed by atoms with E-state index in [1.54, 1.807) is 24.3 Å². The lowest BCUT2D eigenvalue weighted by atomic mass is 10.2. The Labute approximate surface area is 137 Å². The van der Waals surface area contributed by atoms with E-state index in [0.29, 0.717) is 10.6 Å². The topological polar surface area (TPSA) is 49.3 Å². The van der Waals surface area contributed by atoms with Crippen LogP contribution in [-0.4, -0.2) is 17.6 Å². The number of halogens is 1. The van der Waals surface area contributed by atoms with Crippen molar-refractivity contribution in [3.05, 3.63) is 70.1 Å². The van der Waals surface area contributed by atoms with Gasteiger partial charge in [-0.3, -0.25) is 4.79 Å². The van der Waals surface area contributed by atoms with E-state index < -0.39 is 6.10 Å². The van der Waals surface area contributed by atoms with E-state index in [2.05, 4.69) is 5.32 Å². The number of rotatable bonds is 4. The Hall–Kier alpha value is -1.88. The van der Waals surface area contributed by atoms with Gasteiger partial charge in [0.15, 0.2) is 0 Å².